The van der Waals surface area contributed by atoms with Crippen LogP contribution in [-0.4, -0.2) is 31.1 Å². The lowest BCUT2D eigenvalue weighted by atomic mass is 10.2. The SMILES string of the molecule is CC(C)C(=O)NC(Oc1ccc(C=C2SC(=S)N(Cc3ccco3)C2=O)cc1)C(Cl)(Cl)Cl. The Labute approximate surface area is 210 Å². The van der Waals surface area contributed by atoms with Crippen molar-refractivity contribution in [2.24, 2.45) is 5.92 Å². The number of carbonyl (C=O) groups is 2. The molecule has 1 aliphatic rings. The Balaban J connectivity index is 1.69. The van der Waals surface area contributed by atoms with E-state index in [2.05, 4.69) is 5.32 Å². The van der Waals surface area contributed by atoms with Crippen LogP contribution in [0.2, 0.25) is 0 Å². The standard InChI is InChI=1S/C21H19Cl3N2O4S2/c1-12(2)17(27)25-19(21(22,23)24)30-14-7-5-13(6-8-14)10-16-18(28)26(20(31)32-16)11-15-4-3-9-29-15/h3-10,12,19H,11H2,1-2H3,(H,25,27). The molecule has 2 amide bonds. The van der Waals surface area contributed by atoms with Gasteiger partial charge < -0.3 is 14.5 Å². The molecule has 0 saturated carbocycles. The molecule has 1 aromatic heterocycles. The quantitative estimate of drug-likeness (QED) is 0.218. The zero-order valence-electron chi connectivity index (χ0n) is 17.0. The Kier molecular flexibility index (Phi) is 8.16. The first-order valence-corrected chi connectivity index (χ1v) is 11.8. The maximum atomic E-state index is 12.7. The average Bonchev–Trinajstić information content (AvgIpc) is 3.32. The van der Waals surface area contributed by atoms with Crippen molar-refractivity contribution in [3.63, 3.8) is 0 Å². The maximum Gasteiger partial charge on any atom is 0.266 e. The van der Waals surface area contributed by atoms with E-state index in [9.17, 15) is 9.59 Å². The molecule has 1 atom stereocenters. The first kappa shape index (κ1) is 24.9. The Morgan fingerprint density at radius 2 is 1.97 bits per heavy atom. The minimum Gasteiger partial charge on any atom is -0.467 e. The van der Waals surface area contributed by atoms with E-state index in [-0.39, 0.29) is 24.3 Å². The van der Waals surface area contributed by atoms with E-state index in [1.54, 1.807) is 62.6 Å². The Morgan fingerprint density at radius 3 is 2.53 bits per heavy atom. The summed E-state index contributed by atoms with van der Waals surface area (Å²) in [5.41, 5.74) is 0.757. The molecule has 170 valence electrons. The van der Waals surface area contributed by atoms with E-state index < -0.39 is 10.0 Å². The smallest absolute Gasteiger partial charge is 0.266 e. The third-order valence-corrected chi connectivity index (χ3v) is 6.27. The summed E-state index contributed by atoms with van der Waals surface area (Å²) < 4.78 is 9.57. The van der Waals surface area contributed by atoms with Gasteiger partial charge in [0.15, 0.2) is 0 Å². The lowest BCUT2D eigenvalue weighted by Crippen LogP contribution is -2.49. The van der Waals surface area contributed by atoms with Gasteiger partial charge in [-0.1, -0.05) is 84.8 Å². The fourth-order valence-corrected chi connectivity index (χ4v) is 4.15. The maximum absolute atomic E-state index is 12.7. The number of nitrogens with zero attached hydrogens (tertiary/aromatic N) is 1. The van der Waals surface area contributed by atoms with Crippen molar-refractivity contribution >= 4 is 81.0 Å². The molecule has 2 aromatic rings. The van der Waals surface area contributed by atoms with E-state index >= 15 is 0 Å². The van der Waals surface area contributed by atoms with Gasteiger partial charge in [-0.3, -0.25) is 14.5 Å². The first-order valence-electron chi connectivity index (χ1n) is 9.46. The number of carbonyl (C=O) groups excluding carboxylic acids is 2. The molecule has 11 heteroatoms. The number of nitrogens with one attached hydrogen (secondary N) is 1. The Morgan fingerprint density at radius 1 is 1.28 bits per heavy atom. The fourth-order valence-electron chi connectivity index (χ4n) is 2.60. The summed E-state index contributed by atoms with van der Waals surface area (Å²) in [6.07, 6.45) is 2.11. The van der Waals surface area contributed by atoms with Gasteiger partial charge >= 0.3 is 0 Å². The van der Waals surface area contributed by atoms with Gasteiger partial charge in [0.05, 0.1) is 17.7 Å². The summed E-state index contributed by atoms with van der Waals surface area (Å²) in [7, 11) is 0. The average molecular weight is 534 g/mol. The van der Waals surface area contributed by atoms with Crippen molar-refractivity contribution in [3.05, 3.63) is 58.9 Å². The van der Waals surface area contributed by atoms with Crippen molar-refractivity contribution in [3.8, 4) is 5.75 Å². The molecule has 1 saturated heterocycles. The molecule has 1 fully saturated rings. The van der Waals surface area contributed by atoms with Crippen LogP contribution in [0.4, 0.5) is 0 Å². The van der Waals surface area contributed by atoms with Crippen LogP contribution in [0.25, 0.3) is 6.08 Å². The van der Waals surface area contributed by atoms with Crippen LogP contribution in [0, 0.1) is 5.92 Å². The normalized spacial score (nSPS) is 16.7. The molecular weight excluding hydrogens is 515 g/mol. The van der Waals surface area contributed by atoms with E-state index in [4.69, 9.17) is 56.2 Å². The Bertz CT molecular complexity index is 1020. The minimum atomic E-state index is -1.87. The third-order valence-electron chi connectivity index (χ3n) is 4.29. The minimum absolute atomic E-state index is 0.190. The van der Waals surface area contributed by atoms with Gasteiger partial charge in [-0.15, -0.1) is 0 Å². The lowest BCUT2D eigenvalue weighted by Gasteiger charge is -2.27. The molecule has 0 radical (unpaired) electrons. The molecule has 1 aliphatic heterocycles. The molecule has 32 heavy (non-hydrogen) atoms. The molecule has 2 heterocycles. The largest absolute Gasteiger partial charge is 0.467 e. The van der Waals surface area contributed by atoms with E-state index in [0.29, 0.717) is 20.7 Å². The van der Waals surface area contributed by atoms with Gasteiger partial charge in [0.1, 0.15) is 15.8 Å². The van der Waals surface area contributed by atoms with Gasteiger partial charge in [-0.2, -0.15) is 0 Å². The van der Waals surface area contributed by atoms with E-state index in [1.165, 1.54) is 16.7 Å². The van der Waals surface area contributed by atoms with Crippen LogP contribution in [0.5, 0.6) is 5.75 Å². The monoisotopic (exact) mass is 532 g/mol. The molecular formula is C21H19Cl3N2O4S2. The molecule has 0 spiro atoms. The van der Waals surface area contributed by atoms with Crippen molar-refractivity contribution in [1.29, 1.82) is 0 Å². The molecule has 1 N–H and O–H groups in total. The van der Waals surface area contributed by atoms with Crippen LogP contribution in [0.1, 0.15) is 25.2 Å². The molecule has 0 aliphatic carbocycles. The summed E-state index contributed by atoms with van der Waals surface area (Å²) in [5.74, 6) is 0.228. The zero-order valence-corrected chi connectivity index (χ0v) is 20.9. The zero-order chi connectivity index (χ0) is 23.5. The predicted molar refractivity (Wildman–Crippen MR) is 132 cm³/mol. The lowest BCUT2D eigenvalue weighted by molar-refractivity contribution is -0.126. The highest BCUT2D eigenvalue weighted by molar-refractivity contribution is 8.26. The number of alkyl halides is 3. The van der Waals surface area contributed by atoms with Crippen molar-refractivity contribution in [1.82, 2.24) is 10.2 Å². The third kappa shape index (κ3) is 6.42. The molecule has 6 nitrogen and oxygen atoms in total. The summed E-state index contributed by atoms with van der Waals surface area (Å²) >= 11 is 24.4. The molecule has 1 unspecified atom stereocenters. The Hall–Kier alpha value is -1.71. The van der Waals surface area contributed by atoms with Crippen LogP contribution in [-0.2, 0) is 16.1 Å². The molecule has 0 bridgehead atoms. The summed E-state index contributed by atoms with van der Waals surface area (Å²) in [5, 5.41) is 2.57. The summed E-state index contributed by atoms with van der Waals surface area (Å²) in [6.45, 7) is 3.72. The molecule has 1 aromatic carbocycles. The van der Waals surface area contributed by atoms with Crippen molar-refractivity contribution in [2.75, 3.05) is 0 Å². The fraction of sp³-hybridized carbons (Fsp3) is 0.286. The first-order chi connectivity index (χ1) is 15.0. The van der Waals surface area contributed by atoms with E-state index in [0.717, 1.165) is 5.56 Å². The predicted octanol–water partition coefficient (Wildman–Crippen LogP) is 5.53. The second kappa shape index (κ2) is 10.5. The number of hydrogen-bond donors (Lipinski definition) is 1. The second-order valence-corrected chi connectivity index (χ2v) is 11.2. The van der Waals surface area contributed by atoms with Crippen LogP contribution in [0.3, 0.4) is 0 Å². The number of ether oxygens (including phenoxy) is 1. The number of thiocarbonyl (C=S) groups is 1. The summed E-state index contributed by atoms with van der Waals surface area (Å²) in [4.78, 5) is 26.7. The number of hydrogen-bond acceptors (Lipinski definition) is 6. The highest BCUT2D eigenvalue weighted by atomic mass is 35.6. The van der Waals surface area contributed by atoms with E-state index in [1.807, 2.05) is 0 Å². The number of thioether (sulfide) groups is 1. The van der Waals surface area contributed by atoms with Crippen LogP contribution in [0.15, 0.2) is 52.0 Å². The topological polar surface area (TPSA) is 71.8 Å². The highest BCUT2D eigenvalue weighted by Gasteiger charge is 2.36. The number of furan rings is 1. The number of amides is 2. The summed E-state index contributed by atoms with van der Waals surface area (Å²) in [6, 6.07) is 10.3. The second-order valence-electron chi connectivity index (χ2n) is 7.12. The highest BCUT2D eigenvalue weighted by Crippen LogP contribution is 2.35. The number of benzene rings is 1. The van der Waals surface area contributed by atoms with Crippen molar-refractivity contribution < 1.29 is 18.7 Å². The number of halogens is 3. The van der Waals surface area contributed by atoms with Crippen LogP contribution < -0.4 is 10.1 Å². The van der Waals surface area contributed by atoms with Gasteiger partial charge in [0.2, 0.25) is 15.9 Å². The van der Waals surface area contributed by atoms with Gasteiger partial charge in [0.25, 0.3) is 5.91 Å². The van der Waals surface area contributed by atoms with Gasteiger partial charge in [-0.25, -0.2) is 0 Å². The molecule has 3 rings (SSSR count). The van der Waals surface area contributed by atoms with Gasteiger partial charge in [-0.05, 0) is 35.9 Å². The van der Waals surface area contributed by atoms with Crippen LogP contribution >= 0.6 is 58.8 Å². The van der Waals surface area contributed by atoms with Gasteiger partial charge in [0, 0.05) is 5.92 Å². The van der Waals surface area contributed by atoms with Crippen molar-refractivity contribution in [2.45, 2.75) is 30.4 Å². The number of rotatable bonds is 7.